The zero-order valence-electron chi connectivity index (χ0n) is 14.6. The molecule has 0 aromatic heterocycles. The van der Waals surface area contributed by atoms with Crippen LogP contribution in [0.1, 0.15) is 26.2 Å². The van der Waals surface area contributed by atoms with E-state index in [4.69, 9.17) is 9.47 Å². The van der Waals surface area contributed by atoms with Gasteiger partial charge in [-0.2, -0.15) is 0 Å². The fourth-order valence-corrected chi connectivity index (χ4v) is 3.81. The lowest BCUT2D eigenvalue weighted by atomic mass is 9.97. The van der Waals surface area contributed by atoms with Gasteiger partial charge < -0.3 is 19.3 Å². The van der Waals surface area contributed by atoms with Crippen LogP contribution < -0.4 is 14.4 Å². The molecule has 0 unspecified atom stereocenters. The lowest BCUT2D eigenvalue weighted by Crippen LogP contribution is -2.42. The molecule has 0 saturated carbocycles. The number of hydrogen-bond acceptors (Lipinski definition) is 4. The summed E-state index contributed by atoms with van der Waals surface area (Å²) in [4.78, 5) is 28.9. The molecule has 6 nitrogen and oxygen atoms in total. The Hall–Kier alpha value is -2.24. The average molecular weight is 344 g/mol. The third kappa shape index (κ3) is 3.17. The van der Waals surface area contributed by atoms with Crippen molar-refractivity contribution in [1.29, 1.82) is 0 Å². The maximum atomic E-state index is 12.8. The maximum Gasteiger partial charge on any atom is 0.228 e. The maximum absolute atomic E-state index is 12.8. The minimum absolute atomic E-state index is 0.000375. The molecule has 1 aromatic rings. The summed E-state index contributed by atoms with van der Waals surface area (Å²) in [6.07, 6.45) is 2.40. The Balaban J connectivity index is 1.46. The summed E-state index contributed by atoms with van der Waals surface area (Å²) in [5.74, 6) is 1.94. The normalized spacial score (nSPS) is 23.9. The molecule has 3 aliphatic rings. The highest BCUT2D eigenvalue weighted by atomic mass is 16.6. The van der Waals surface area contributed by atoms with E-state index in [2.05, 4.69) is 6.92 Å². The zero-order chi connectivity index (χ0) is 17.4. The molecule has 0 aliphatic carbocycles. The van der Waals surface area contributed by atoms with Gasteiger partial charge in [-0.15, -0.1) is 0 Å². The lowest BCUT2D eigenvalue weighted by Gasteiger charge is -2.32. The summed E-state index contributed by atoms with van der Waals surface area (Å²) in [6, 6.07) is 5.53. The van der Waals surface area contributed by atoms with Gasteiger partial charge in [0.05, 0.1) is 5.92 Å². The van der Waals surface area contributed by atoms with Crippen LogP contribution in [0.3, 0.4) is 0 Å². The Morgan fingerprint density at radius 2 is 1.84 bits per heavy atom. The molecular weight excluding hydrogens is 320 g/mol. The van der Waals surface area contributed by atoms with E-state index < -0.39 is 0 Å². The van der Waals surface area contributed by atoms with Gasteiger partial charge in [0, 0.05) is 37.8 Å². The number of carbonyl (C=O) groups is 2. The number of likely N-dealkylation sites (tertiary alicyclic amines) is 1. The van der Waals surface area contributed by atoms with Gasteiger partial charge in [0.15, 0.2) is 11.5 Å². The summed E-state index contributed by atoms with van der Waals surface area (Å²) in [5, 5.41) is 0. The van der Waals surface area contributed by atoms with E-state index in [9.17, 15) is 9.59 Å². The second kappa shape index (κ2) is 6.58. The van der Waals surface area contributed by atoms with Gasteiger partial charge in [-0.05, 0) is 30.9 Å². The number of anilines is 1. The standard InChI is InChI=1S/C19H24N2O4/c1-13-4-6-20(7-5-13)19(23)14-10-18(22)21(12-14)15-2-3-16-17(11-15)25-9-8-24-16/h2-3,11,13-14H,4-10,12H2,1H3/t14-/m1/s1. The van der Waals surface area contributed by atoms with Crippen molar-refractivity contribution in [2.75, 3.05) is 37.7 Å². The Morgan fingerprint density at radius 1 is 1.12 bits per heavy atom. The van der Waals surface area contributed by atoms with E-state index in [1.165, 1.54) is 0 Å². The quantitative estimate of drug-likeness (QED) is 0.824. The fourth-order valence-electron chi connectivity index (χ4n) is 3.81. The van der Waals surface area contributed by atoms with E-state index in [-0.39, 0.29) is 17.7 Å². The van der Waals surface area contributed by atoms with Crippen LogP contribution in [0.2, 0.25) is 0 Å². The first-order valence-corrected chi connectivity index (χ1v) is 9.10. The highest BCUT2D eigenvalue weighted by molar-refractivity contribution is 6.00. The van der Waals surface area contributed by atoms with Gasteiger partial charge in [-0.3, -0.25) is 9.59 Å². The molecule has 0 bridgehead atoms. The van der Waals surface area contributed by atoms with Gasteiger partial charge in [0.2, 0.25) is 11.8 Å². The number of ether oxygens (including phenoxy) is 2. The predicted octanol–water partition coefficient (Wildman–Crippen LogP) is 2.07. The molecule has 0 radical (unpaired) electrons. The van der Waals surface area contributed by atoms with Crippen molar-refractivity contribution in [3.63, 3.8) is 0 Å². The van der Waals surface area contributed by atoms with E-state index in [0.29, 0.717) is 43.6 Å². The van der Waals surface area contributed by atoms with Crippen molar-refractivity contribution in [3.05, 3.63) is 18.2 Å². The summed E-state index contributed by atoms with van der Waals surface area (Å²) in [7, 11) is 0. The Bertz CT molecular complexity index is 682. The highest BCUT2D eigenvalue weighted by Crippen LogP contribution is 2.36. The summed E-state index contributed by atoms with van der Waals surface area (Å²) in [5.41, 5.74) is 0.775. The molecular formula is C19H24N2O4. The van der Waals surface area contributed by atoms with Gasteiger partial charge in [0.25, 0.3) is 0 Å². The van der Waals surface area contributed by atoms with Crippen LogP contribution in [0.15, 0.2) is 18.2 Å². The van der Waals surface area contributed by atoms with Crippen molar-refractivity contribution in [1.82, 2.24) is 4.90 Å². The van der Waals surface area contributed by atoms with Crippen LogP contribution in [0.25, 0.3) is 0 Å². The summed E-state index contributed by atoms with van der Waals surface area (Å²) >= 11 is 0. The van der Waals surface area contributed by atoms with Crippen LogP contribution in [-0.2, 0) is 9.59 Å². The third-order valence-corrected chi connectivity index (χ3v) is 5.41. The predicted molar refractivity (Wildman–Crippen MR) is 92.9 cm³/mol. The van der Waals surface area contributed by atoms with Gasteiger partial charge >= 0.3 is 0 Å². The smallest absolute Gasteiger partial charge is 0.228 e. The molecule has 1 atom stereocenters. The van der Waals surface area contributed by atoms with Crippen LogP contribution in [0.5, 0.6) is 11.5 Å². The molecule has 6 heteroatoms. The van der Waals surface area contributed by atoms with Crippen LogP contribution in [-0.4, -0.2) is 49.6 Å². The molecule has 3 heterocycles. The minimum atomic E-state index is -0.242. The summed E-state index contributed by atoms with van der Waals surface area (Å²) in [6.45, 7) is 5.36. The number of piperidine rings is 1. The number of carbonyl (C=O) groups excluding carboxylic acids is 2. The zero-order valence-corrected chi connectivity index (χ0v) is 14.6. The fraction of sp³-hybridized carbons (Fsp3) is 0.579. The third-order valence-electron chi connectivity index (χ3n) is 5.41. The van der Waals surface area contributed by atoms with E-state index in [0.717, 1.165) is 31.6 Å². The van der Waals surface area contributed by atoms with E-state index in [1.54, 1.807) is 4.90 Å². The molecule has 25 heavy (non-hydrogen) atoms. The second-order valence-electron chi connectivity index (χ2n) is 7.24. The molecule has 3 aliphatic heterocycles. The monoisotopic (exact) mass is 344 g/mol. The SMILES string of the molecule is CC1CCN(C(=O)[C@@H]2CC(=O)N(c3ccc4c(c3)OCCO4)C2)CC1. The molecule has 2 amide bonds. The number of amides is 2. The molecule has 0 spiro atoms. The Morgan fingerprint density at radius 3 is 2.60 bits per heavy atom. The first kappa shape index (κ1) is 16.2. The van der Waals surface area contributed by atoms with Crippen molar-refractivity contribution < 1.29 is 19.1 Å². The molecule has 2 saturated heterocycles. The molecule has 4 rings (SSSR count). The van der Waals surface area contributed by atoms with Crippen LogP contribution in [0.4, 0.5) is 5.69 Å². The molecule has 2 fully saturated rings. The van der Waals surface area contributed by atoms with E-state index >= 15 is 0 Å². The first-order chi connectivity index (χ1) is 12.1. The Labute approximate surface area is 147 Å². The number of nitrogens with zero attached hydrogens (tertiary/aromatic N) is 2. The number of hydrogen-bond donors (Lipinski definition) is 0. The molecule has 1 aromatic carbocycles. The topological polar surface area (TPSA) is 59.1 Å². The summed E-state index contributed by atoms with van der Waals surface area (Å²) < 4.78 is 11.1. The highest BCUT2D eigenvalue weighted by Gasteiger charge is 2.38. The number of rotatable bonds is 2. The second-order valence-corrected chi connectivity index (χ2v) is 7.24. The average Bonchev–Trinajstić information content (AvgIpc) is 3.03. The Kier molecular flexibility index (Phi) is 4.27. The first-order valence-electron chi connectivity index (χ1n) is 9.10. The van der Waals surface area contributed by atoms with Gasteiger partial charge in [0.1, 0.15) is 13.2 Å². The van der Waals surface area contributed by atoms with Crippen molar-refractivity contribution in [3.8, 4) is 11.5 Å². The van der Waals surface area contributed by atoms with Crippen molar-refractivity contribution in [2.45, 2.75) is 26.2 Å². The number of fused-ring (bicyclic) bond motifs is 1. The minimum Gasteiger partial charge on any atom is -0.486 e. The molecule has 134 valence electrons. The van der Waals surface area contributed by atoms with Gasteiger partial charge in [-0.25, -0.2) is 0 Å². The van der Waals surface area contributed by atoms with Crippen LogP contribution in [0, 0.1) is 11.8 Å². The van der Waals surface area contributed by atoms with E-state index in [1.807, 2.05) is 23.1 Å². The largest absolute Gasteiger partial charge is 0.486 e. The molecule has 0 N–H and O–H groups in total. The van der Waals surface area contributed by atoms with Crippen molar-refractivity contribution >= 4 is 17.5 Å². The van der Waals surface area contributed by atoms with Crippen molar-refractivity contribution in [2.24, 2.45) is 11.8 Å². The number of benzene rings is 1. The van der Waals surface area contributed by atoms with Gasteiger partial charge in [-0.1, -0.05) is 6.92 Å². The lowest BCUT2D eigenvalue weighted by molar-refractivity contribution is -0.137. The van der Waals surface area contributed by atoms with Crippen LogP contribution >= 0.6 is 0 Å².